The van der Waals surface area contributed by atoms with Gasteiger partial charge in [-0.05, 0) is 79.5 Å². The van der Waals surface area contributed by atoms with Crippen molar-refractivity contribution < 1.29 is 23.1 Å². The van der Waals surface area contributed by atoms with Crippen LogP contribution < -0.4 is 9.46 Å². The Morgan fingerprint density at radius 3 is 2.35 bits per heavy atom. The maximum Gasteiger partial charge on any atom is 0.325 e. The SMILES string of the molecule is C[C@](CNS(=O)(=O)c1ccc(OCc2ccc3ccccc3c2)cc1)(C(=O)O)N1CCCCC1. The third-order valence-electron chi connectivity index (χ3n) is 6.47. The highest BCUT2D eigenvalue weighted by Crippen LogP contribution is 2.23. The van der Waals surface area contributed by atoms with Gasteiger partial charge in [-0.25, -0.2) is 13.1 Å². The first-order valence-corrected chi connectivity index (χ1v) is 12.9. The molecule has 1 heterocycles. The fourth-order valence-corrected chi connectivity index (χ4v) is 5.37. The molecule has 0 aliphatic carbocycles. The number of ether oxygens (including phenoxy) is 1. The van der Waals surface area contributed by atoms with Gasteiger partial charge in [-0.3, -0.25) is 9.69 Å². The van der Waals surface area contributed by atoms with Crippen LogP contribution in [0.2, 0.25) is 0 Å². The molecule has 7 nitrogen and oxygen atoms in total. The van der Waals surface area contributed by atoms with E-state index in [4.69, 9.17) is 4.74 Å². The maximum absolute atomic E-state index is 12.8. The lowest BCUT2D eigenvalue weighted by atomic mass is 9.97. The van der Waals surface area contributed by atoms with Crippen molar-refractivity contribution in [2.75, 3.05) is 19.6 Å². The molecule has 1 saturated heterocycles. The van der Waals surface area contributed by atoms with Gasteiger partial charge in [0.15, 0.2) is 0 Å². The Balaban J connectivity index is 1.39. The van der Waals surface area contributed by atoms with E-state index in [0.29, 0.717) is 25.4 Å². The van der Waals surface area contributed by atoms with Gasteiger partial charge in [0.1, 0.15) is 17.9 Å². The molecule has 3 aromatic carbocycles. The molecule has 8 heteroatoms. The molecule has 0 unspecified atom stereocenters. The molecule has 0 aromatic heterocycles. The van der Waals surface area contributed by atoms with Crippen LogP contribution in [0, 0.1) is 0 Å². The van der Waals surface area contributed by atoms with Crippen LogP contribution in [-0.2, 0) is 21.4 Å². The number of nitrogens with one attached hydrogen (secondary N) is 1. The molecule has 2 N–H and O–H groups in total. The van der Waals surface area contributed by atoms with E-state index in [1.807, 2.05) is 35.2 Å². The number of nitrogens with zero attached hydrogens (tertiary/aromatic N) is 1. The smallest absolute Gasteiger partial charge is 0.325 e. The van der Waals surface area contributed by atoms with E-state index in [1.54, 1.807) is 19.1 Å². The quantitative estimate of drug-likeness (QED) is 0.478. The second-order valence-corrected chi connectivity index (χ2v) is 10.7. The number of hydrogen-bond donors (Lipinski definition) is 2. The third-order valence-corrected chi connectivity index (χ3v) is 7.89. The van der Waals surface area contributed by atoms with Gasteiger partial charge in [-0.1, -0.05) is 42.8 Å². The molecule has 0 radical (unpaired) electrons. The number of carboxylic acids is 1. The van der Waals surface area contributed by atoms with E-state index in [1.165, 1.54) is 12.1 Å². The molecular formula is C26H30N2O5S. The summed E-state index contributed by atoms with van der Waals surface area (Å²) in [4.78, 5) is 13.9. The Morgan fingerprint density at radius 1 is 1.00 bits per heavy atom. The molecular weight excluding hydrogens is 452 g/mol. The van der Waals surface area contributed by atoms with Crippen molar-refractivity contribution in [1.29, 1.82) is 0 Å². The number of fused-ring (bicyclic) bond motifs is 1. The van der Waals surface area contributed by atoms with Crippen molar-refractivity contribution in [2.45, 2.75) is 43.2 Å². The van der Waals surface area contributed by atoms with Crippen LogP contribution in [0.4, 0.5) is 0 Å². The van der Waals surface area contributed by atoms with Gasteiger partial charge >= 0.3 is 5.97 Å². The second kappa shape index (κ2) is 10.1. The van der Waals surface area contributed by atoms with Crippen molar-refractivity contribution in [3.63, 3.8) is 0 Å². The summed E-state index contributed by atoms with van der Waals surface area (Å²) < 4.78 is 34.0. The van der Waals surface area contributed by atoms with Gasteiger partial charge in [0.25, 0.3) is 0 Å². The summed E-state index contributed by atoms with van der Waals surface area (Å²) in [5.74, 6) is -0.481. The minimum absolute atomic E-state index is 0.0666. The Kier molecular flexibility index (Phi) is 7.21. The fourth-order valence-electron chi connectivity index (χ4n) is 4.24. The third kappa shape index (κ3) is 5.41. The number of benzene rings is 3. The summed E-state index contributed by atoms with van der Waals surface area (Å²) in [6.07, 6.45) is 2.89. The van der Waals surface area contributed by atoms with Gasteiger partial charge in [0, 0.05) is 6.54 Å². The first kappa shape index (κ1) is 24.2. The normalized spacial score (nSPS) is 16.7. The topological polar surface area (TPSA) is 95.9 Å². The Hall–Kier alpha value is -2.94. The van der Waals surface area contributed by atoms with Crippen molar-refractivity contribution in [2.24, 2.45) is 0 Å². The lowest BCUT2D eigenvalue weighted by Crippen LogP contribution is -2.60. The van der Waals surface area contributed by atoms with Gasteiger partial charge in [-0.2, -0.15) is 0 Å². The zero-order valence-electron chi connectivity index (χ0n) is 19.2. The summed E-state index contributed by atoms with van der Waals surface area (Å²) in [5.41, 5.74) is -0.279. The van der Waals surface area contributed by atoms with Crippen LogP contribution in [0.5, 0.6) is 5.75 Å². The second-order valence-electron chi connectivity index (χ2n) is 8.89. The van der Waals surface area contributed by atoms with Crippen LogP contribution in [0.1, 0.15) is 31.7 Å². The lowest BCUT2D eigenvalue weighted by Gasteiger charge is -2.40. The number of aliphatic carboxylic acids is 1. The van der Waals surface area contributed by atoms with E-state index in [0.717, 1.165) is 35.6 Å². The first-order valence-electron chi connectivity index (χ1n) is 11.5. The number of rotatable bonds is 9. The minimum atomic E-state index is -3.87. The Morgan fingerprint density at radius 2 is 1.68 bits per heavy atom. The lowest BCUT2D eigenvalue weighted by molar-refractivity contribution is -0.150. The summed E-state index contributed by atoms with van der Waals surface area (Å²) in [5, 5.41) is 12.1. The molecule has 180 valence electrons. The standard InChI is InChI=1S/C26H30N2O5S/c1-26(25(29)30,28-15-5-2-6-16-28)19-27-34(31,32)24-13-11-23(12-14-24)33-18-20-9-10-21-7-3-4-8-22(21)17-20/h3-4,7-14,17,27H,2,5-6,15-16,18-19H2,1H3,(H,29,30)/t26-/m0/s1. The number of carboxylic acid groups (broad SMARTS) is 1. The van der Waals surface area contributed by atoms with Crippen LogP contribution in [0.3, 0.4) is 0 Å². The predicted octanol–water partition coefficient (Wildman–Crippen LogP) is 4.03. The molecule has 0 bridgehead atoms. The number of sulfonamides is 1. The molecule has 0 amide bonds. The van der Waals surface area contributed by atoms with Gasteiger partial charge in [0.2, 0.25) is 10.0 Å². The summed E-state index contributed by atoms with van der Waals surface area (Å²) in [7, 11) is -3.87. The summed E-state index contributed by atoms with van der Waals surface area (Å²) >= 11 is 0. The van der Waals surface area contributed by atoms with Crippen LogP contribution in [0.15, 0.2) is 71.6 Å². The maximum atomic E-state index is 12.8. The average molecular weight is 483 g/mol. The van der Waals surface area contributed by atoms with Crippen molar-refractivity contribution in [3.8, 4) is 5.75 Å². The zero-order valence-corrected chi connectivity index (χ0v) is 20.1. The Bertz CT molecular complexity index is 1250. The first-order chi connectivity index (χ1) is 16.3. The minimum Gasteiger partial charge on any atom is -0.489 e. The van der Waals surface area contributed by atoms with Gasteiger partial charge in [0.05, 0.1) is 4.90 Å². The largest absolute Gasteiger partial charge is 0.489 e. The van der Waals surface area contributed by atoms with Crippen LogP contribution in [0.25, 0.3) is 10.8 Å². The molecule has 0 spiro atoms. The van der Waals surface area contributed by atoms with Gasteiger partial charge in [-0.15, -0.1) is 0 Å². The highest BCUT2D eigenvalue weighted by Gasteiger charge is 2.41. The summed E-state index contributed by atoms with van der Waals surface area (Å²) in [6.45, 7) is 3.03. The molecule has 1 aliphatic rings. The van der Waals surface area contributed by atoms with E-state index >= 15 is 0 Å². The number of piperidine rings is 1. The van der Waals surface area contributed by atoms with Crippen molar-refractivity contribution >= 4 is 26.8 Å². The van der Waals surface area contributed by atoms with E-state index in [9.17, 15) is 18.3 Å². The molecule has 1 aliphatic heterocycles. The number of likely N-dealkylation sites (tertiary alicyclic amines) is 1. The van der Waals surface area contributed by atoms with Gasteiger partial charge < -0.3 is 9.84 Å². The number of hydrogen-bond acceptors (Lipinski definition) is 5. The highest BCUT2D eigenvalue weighted by molar-refractivity contribution is 7.89. The number of carbonyl (C=O) groups is 1. The van der Waals surface area contributed by atoms with E-state index in [-0.39, 0.29) is 11.4 Å². The molecule has 1 fully saturated rings. The zero-order chi connectivity index (χ0) is 24.2. The van der Waals surface area contributed by atoms with E-state index in [2.05, 4.69) is 16.9 Å². The fraction of sp³-hybridized carbons (Fsp3) is 0.346. The van der Waals surface area contributed by atoms with Crippen LogP contribution in [-0.4, -0.2) is 49.6 Å². The summed E-state index contributed by atoms with van der Waals surface area (Å²) in [6, 6.07) is 20.4. The molecule has 4 rings (SSSR count). The highest BCUT2D eigenvalue weighted by atomic mass is 32.2. The van der Waals surface area contributed by atoms with Crippen molar-refractivity contribution in [1.82, 2.24) is 9.62 Å². The predicted molar refractivity (Wildman–Crippen MR) is 131 cm³/mol. The molecule has 3 aromatic rings. The van der Waals surface area contributed by atoms with Crippen molar-refractivity contribution in [3.05, 3.63) is 72.3 Å². The van der Waals surface area contributed by atoms with E-state index < -0.39 is 21.5 Å². The molecule has 34 heavy (non-hydrogen) atoms. The average Bonchev–Trinajstić information content (AvgIpc) is 2.86. The monoisotopic (exact) mass is 482 g/mol. The van der Waals surface area contributed by atoms with Crippen LogP contribution >= 0.6 is 0 Å². The molecule has 1 atom stereocenters. The molecule has 0 saturated carbocycles. The Labute approximate surface area is 200 Å².